The van der Waals surface area contributed by atoms with Gasteiger partial charge in [-0.3, -0.25) is 4.79 Å². The summed E-state index contributed by atoms with van der Waals surface area (Å²) >= 11 is 7.33. The fraction of sp³-hybridized carbons (Fsp3) is 0.214. The van der Waals surface area contributed by atoms with Gasteiger partial charge in [0.05, 0.1) is 23.1 Å². The number of halogens is 1. The van der Waals surface area contributed by atoms with E-state index in [1.807, 2.05) is 0 Å². The number of ether oxygens (including phenoxy) is 2. The normalized spacial score (nSPS) is 13.9. The molecule has 3 nitrogen and oxygen atoms in total. The number of hydrogen-bond acceptors (Lipinski definition) is 4. The van der Waals surface area contributed by atoms with Crippen LogP contribution in [0.15, 0.2) is 29.6 Å². The van der Waals surface area contributed by atoms with Crippen LogP contribution in [0.2, 0.25) is 5.02 Å². The van der Waals surface area contributed by atoms with Crippen molar-refractivity contribution in [3.8, 4) is 11.5 Å². The van der Waals surface area contributed by atoms with Gasteiger partial charge in [-0.25, -0.2) is 0 Å². The Morgan fingerprint density at radius 3 is 2.68 bits per heavy atom. The highest BCUT2D eigenvalue weighted by molar-refractivity contribution is 7.13. The van der Waals surface area contributed by atoms with Crippen molar-refractivity contribution < 1.29 is 14.3 Å². The molecule has 2 aromatic rings. The molecule has 0 saturated heterocycles. The van der Waals surface area contributed by atoms with E-state index in [4.69, 9.17) is 21.1 Å². The summed E-state index contributed by atoms with van der Waals surface area (Å²) in [6, 6.07) is 6.96. The van der Waals surface area contributed by atoms with Gasteiger partial charge >= 0.3 is 0 Å². The molecule has 1 aliphatic heterocycles. The van der Waals surface area contributed by atoms with E-state index in [0.29, 0.717) is 40.2 Å². The average Bonchev–Trinajstić information content (AvgIpc) is 2.72. The van der Waals surface area contributed by atoms with Crippen LogP contribution in [0, 0.1) is 0 Å². The third-order valence-electron chi connectivity index (χ3n) is 2.83. The minimum Gasteiger partial charge on any atom is -0.490 e. The number of ketones is 1. The summed E-state index contributed by atoms with van der Waals surface area (Å²) in [7, 11) is 0. The maximum absolute atomic E-state index is 12.3. The number of benzene rings is 1. The Kier molecular flexibility index (Phi) is 3.44. The zero-order valence-electron chi connectivity index (χ0n) is 10.0. The fourth-order valence-electron chi connectivity index (χ4n) is 1.89. The van der Waals surface area contributed by atoms with Crippen molar-refractivity contribution in [3.63, 3.8) is 0 Å². The minimum absolute atomic E-state index is 0.0874. The number of carbonyl (C=O) groups is 1. The second-order valence-electron chi connectivity index (χ2n) is 4.14. The van der Waals surface area contributed by atoms with E-state index in [1.54, 1.807) is 29.6 Å². The quantitative estimate of drug-likeness (QED) is 0.791. The van der Waals surface area contributed by atoms with Gasteiger partial charge in [0.2, 0.25) is 5.78 Å². The average molecular weight is 295 g/mol. The first-order valence-electron chi connectivity index (χ1n) is 5.93. The van der Waals surface area contributed by atoms with Crippen LogP contribution in [0.25, 0.3) is 0 Å². The van der Waals surface area contributed by atoms with Crippen LogP contribution in [0.1, 0.15) is 21.7 Å². The molecule has 3 rings (SSSR count). The summed E-state index contributed by atoms with van der Waals surface area (Å²) in [5.74, 6) is 1.22. The van der Waals surface area contributed by atoms with Gasteiger partial charge in [-0.05, 0) is 29.6 Å². The standard InChI is InChI=1S/C14H11ClO3S/c15-10-4-7-19-14(10)13(16)9-2-3-11-12(8-9)18-6-1-5-17-11/h2-4,7-8H,1,5-6H2. The first-order valence-corrected chi connectivity index (χ1v) is 7.19. The van der Waals surface area contributed by atoms with Crippen LogP contribution in [0.4, 0.5) is 0 Å². The van der Waals surface area contributed by atoms with Crippen LogP contribution >= 0.6 is 22.9 Å². The summed E-state index contributed by atoms with van der Waals surface area (Å²) < 4.78 is 11.1. The summed E-state index contributed by atoms with van der Waals surface area (Å²) in [6.07, 6.45) is 0.842. The summed E-state index contributed by atoms with van der Waals surface area (Å²) in [5, 5.41) is 2.29. The van der Waals surface area contributed by atoms with E-state index in [2.05, 4.69) is 0 Å². The van der Waals surface area contributed by atoms with Crippen molar-refractivity contribution in [2.24, 2.45) is 0 Å². The van der Waals surface area contributed by atoms with Crippen LogP contribution < -0.4 is 9.47 Å². The Labute approximate surface area is 119 Å². The van der Waals surface area contributed by atoms with Crippen molar-refractivity contribution in [1.82, 2.24) is 0 Å². The van der Waals surface area contributed by atoms with Gasteiger partial charge in [0.15, 0.2) is 11.5 Å². The van der Waals surface area contributed by atoms with Gasteiger partial charge in [-0.2, -0.15) is 0 Å². The van der Waals surface area contributed by atoms with Crippen LogP contribution in [0.3, 0.4) is 0 Å². The maximum Gasteiger partial charge on any atom is 0.204 e. The van der Waals surface area contributed by atoms with Crippen molar-refractivity contribution in [1.29, 1.82) is 0 Å². The van der Waals surface area contributed by atoms with Crippen LogP contribution in [-0.2, 0) is 0 Å². The zero-order chi connectivity index (χ0) is 13.2. The highest BCUT2D eigenvalue weighted by Gasteiger charge is 2.18. The number of rotatable bonds is 2. The lowest BCUT2D eigenvalue weighted by atomic mass is 10.1. The number of thiophene rings is 1. The fourth-order valence-corrected chi connectivity index (χ4v) is 2.99. The van der Waals surface area contributed by atoms with Gasteiger partial charge in [0, 0.05) is 12.0 Å². The number of carbonyl (C=O) groups excluding carboxylic acids is 1. The molecule has 0 aliphatic carbocycles. The molecule has 0 fully saturated rings. The molecule has 0 unspecified atom stereocenters. The molecule has 0 amide bonds. The first-order chi connectivity index (χ1) is 9.25. The second kappa shape index (κ2) is 5.23. The SMILES string of the molecule is O=C(c1ccc2c(c1)OCCCO2)c1sccc1Cl. The van der Waals surface area contributed by atoms with E-state index < -0.39 is 0 Å². The predicted octanol–water partition coefficient (Wildman–Crippen LogP) is 3.79. The molecule has 0 N–H and O–H groups in total. The Balaban J connectivity index is 1.96. The minimum atomic E-state index is -0.0874. The molecule has 5 heteroatoms. The lowest BCUT2D eigenvalue weighted by Crippen LogP contribution is -2.01. The Bertz CT molecular complexity index is 621. The Morgan fingerprint density at radius 1 is 1.16 bits per heavy atom. The summed E-state index contributed by atoms with van der Waals surface area (Å²) in [6.45, 7) is 1.24. The Hall–Kier alpha value is -1.52. The largest absolute Gasteiger partial charge is 0.490 e. The molecule has 0 radical (unpaired) electrons. The molecule has 0 spiro atoms. The molecule has 19 heavy (non-hydrogen) atoms. The van der Waals surface area contributed by atoms with E-state index in [9.17, 15) is 4.79 Å². The third kappa shape index (κ3) is 2.46. The van der Waals surface area contributed by atoms with Crippen molar-refractivity contribution in [2.75, 3.05) is 13.2 Å². The lowest BCUT2D eigenvalue weighted by molar-refractivity contribution is 0.104. The maximum atomic E-state index is 12.3. The summed E-state index contributed by atoms with van der Waals surface area (Å²) in [5.41, 5.74) is 0.564. The molecular formula is C14H11ClO3S. The molecule has 2 heterocycles. The van der Waals surface area contributed by atoms with Gasteiger partial charge < -0.3 is 9.47 Å². The van der Waals surface area contributed by atoms with Crippen molar-refractivity contribution >= 4 is 28.7 Å². The van der Waals surface area contributed by atoms with E-state index in [-0.39, 0.29) is 5.78 Å². The van der Waals surface area contributed by atoms with E-state index in [1.165, 1.54) is 11.3 Å². The third-order valence-corrected chi connectivity index (χ3v) is 4.17. The molecule has 98 valence electrons. The van der Waals surface area contributed by atoms with Crippen LogP contribution in [-0.4, -0.2) is 19.0 Å². The Morgan fingerprint density at radius 2 is 1.95 bits per heavy atom. The molecule has 1 aliphatic rings. The van der Waals surface area contributed by atoms with Gasteiger partial charge in [0.1, 0.15) is 0 Å². The second-order valence-corrected chi connectivity index (χ2v) is 5.46. The topological polar surface area (TPSA) is 35.5 Å². The van der Waals surface area contributed by atoms with Crippen LogP contribution in [0.5, 0.6) is 11.5 Å². The van der Waals surface area contributed by atoms with Crippen molar-refractivity contribution in [2.45, 2.75) is 6.42 Å². The molecule has 1 aromatic carbocycles. The number of fused-ring (bicyclic) bond motifs is 1. The molecule has 0 atom stereocenters. The molecule has 0 bridgehead atoms. The van der Waals surface area contributed by atoms with Gasteiger partial charge in [-0.15, -0.1) is 11.3 Å². The monoisotopic (exact) mass is 294 g/mol. The smallest absolute Gasteiger partial charge is 0.204 e. The predicted molar refractivity (Wildman–Crippen MR) is 74.8 cm³/mol. The lowest BCUT2D eigenvalue weighted by Gasteiger charge is -2.08. The summed E-state index contributed by atoms with van der Waals surface area (Å²) in [4.78, 5) is 12.9. The van der Waals surface area contributed by atoms with Crippen molar-refractivity contribution in [3.05, 3.63) is 45.1 Å². The van der Waals surface area contributed by atoms with Gasteiger partial charge in [-0.1, -0.05) is 11.6 Å². The van der Waals surface area contributed by atoms with E-state index in [0.717, 1.165) is 6.42 Å². The molecule has 0 saturated carbocycles. The van der Waals surface area contributed by atoms with E-state index >= 15 is 0 Å². The van der Waals surface area contributed by atoms with Gasteiger partial charge in [0.25, 0.3) is 0 Å². The highest BCUT2D eigenvalue weighted by Crippen LogP contribution is 2.32. The highest BCUT2D eigenvalue weighted by atomic mass is 35.5. The molecule has 1 aromatic heterocycles. The molecular weight excluding hydrogens is 284 g/mol. The first kappa shape index (κ1) is 12.5. The number of hydrogen-bond donors (Lipinski definition) is 0. The zero-order valence-corrected chi connectivity index (χ0v) is 11.6.